The van der Waals surface area contributed by atoms with E-state index >= 15 is 0 Å². The lowest BCUT2D eigenvalue weighted by Crippen LogP contribution is -2.34. The monoisotopic (exact) mass is 751 g/mol. The lowest BCUT2D eigenvalue weighted by Gasteiger charge is -2.18. The highest BCUT2D eigenvalue weighted by Gasteiger charge is 2.35. The zero-order valence-electron chi connectivity index (χ0n) is 30.8. The lowest BCUT2D eigenvalue weighted by molar-refractivity contribution is -0.113. The number of aliphatic imine (C=N–C) groups is 1. The van der Waals surface area contributed by atoms with Crippen molar-refractivity contribution in [1.29, 1.82) is 0 Å². The van der Waals surface area contributed by atoms with Gasteiger partial charge in [-0.1, -0.05) is 67.1 Å². The Morgan fingerprint density at radius 3 is 1.98 bits per heavy atom. The molecule has 4 aromatic carbocycles. The molecule has 0 bridgehead atoms. The second-order valence-corrected chi connectivity index (χ2v) is 12.9. The number of carbonyl (C=O) groups is 1. The number of hydrogen-bond acceptors (Lipinski definition) is 9. The number of amidine groups is 1. The molecule has 1 aliphatic rings. The van der Waals surface area contributed by atoms with Gasteiger partial charge in [0.05, 0.1) is 39.3 Å². The number of anilines is 1. The molecule has 0 atom stereocenters. The van der Waals surface area contributed by atoms with E-state index in [1.165, 1.54) is 31.8 Å². The molecule has 7 rings (SSSR count). The first kappa shape index (κ1) is 36.8. The molecule has 1 aliphatic heterocycles. The van der Waals surface area contributed by atoms with Crippen molar-refractivity contribution in [2.75, 3.05) is 32.8 Å². The number of amides is 1. The van der Waals surface area contributed by atoms with Crippen molar-refractivity contribution >= 4 is 35.4 Å². The fourth-order valence-electron chi connectivity index (χ4n) is 6.08. The maximum Gasteiger partial charge on any atom is 0.285 e. The van der Waals surface area contributed by atoms with Gasteiger partial charge in [-0.25, -0.2) is 19.9 Å². The summed E-state index contributed by atoms with van der Waals surface area (Å²) < 4.78 is 22.7. The number of halogens is 1. The van der Waals surface area contributed by atoms with Gasteiger partial charge in [0, 0.05) is 40.0 Å². The number of aromatic nitrogens is 3. The Labute approximate surface area is 324 Å². The van der Waals surface area contributed by atoms with Crippen molar-refractivity contribution < 1.29 is 23.7 Å². The normalized spacial score (nSPS) is 13.2. The summed E-state index contributed by atoms with van der Waals surface area (Å²) >= 11 is 6.26. The predicted octanol–water partition coefficient (Wildman–Crippen LogP) is 8.90. The molecule has 55 heavy (non-hydrogen) atoms. The molecule has 0 spiro atoms. The van der Waals surface area contributed by atoms with E-state index in [9.17, 15) is 4.79 Å². The van der Waals surface area contributed by atoms with E-state index in [0.29, 0.717) is 63.6 Å². The zero-order chi connectivity index (χ0) is 38.3. The minimum absolute atomic E-state index is 0.158. The highest BCUT2D eigenvalue weighted by atomic mass is 35.5. The highest BCUT2D eigenvalue weighted by molar-refractivity contribution is 6.32. The van der Waals surface area contributed by atoms with Crippen LogP contribution in [0.15, 0.2) is 126 Å². The number of nitrogens with zero attached hydrogens (tertiary/aromatic N) is 5. The molecule has 0 saturated carbocycles. The summed E-state index contributed by atoms with van der Waals surface area (Å²) in [7, 11) is 4.61. The summed E-state index contributed by atoms with van der Waals surface area (Å²) in [6.45, 7) is 2.60. The first-order valence-electron chi connectivity index (χ1n) is 17.7. The predicted molar refractivity (Wildman–Crippen MR) is 215 cm³/mol. The quantitative estimate of drug-likeness (QED) is 0.108. The first-order valence-corrected chi connectivity index (χ1v) is 18.1. The Morgan fingerprint density at radius 1 is 0.745 bits per heavy atom. The van der Waals surface area contributed by atoms with Crippen molar-refractivity contribution in [3.05, 3.63) is 148 Å². The number of benzene rings is 4. The van der Waals surface area contributed by atoms with Crippen LogP contribution in [-0.2, 0) is 17.6 Å². The number of rotatable bonds is 13. The fourth-order valence-corrected chi connectivity index (χ4v) is 6.21. The van der Waals surface area contributed by atoms with Gasteiger partial charge in [0.25, 0.3) is 5.91 Å². The molecule has 11 heteroatoms. The van der Waals surface area contributed by atoms with Crippen LogP contribution in [0.25, 0.3) is 28.6 Å². The van der Waals surface area contributed by atoms with E-state index in [4.69, 9.17) is 45.5 Å². The van der Waals surface area contributed by atoms with E-state index < -0.39 is 5.91 Å². The maximum absolute atomic E-state index is 14.5. The molecule has 0 fully saturated rings. The number of aryl methyl sites for hydroxylation is 1. The standard InChI is InChI=1S/C44H38ClN5O5/c1-5-28-11-18-34(46-27-28)21-22-55-35-19-14-31(15-20-35)37-26-36(30-12-16-33(45)17-13-30)48-44(49-37)50-42(32-9-7-6-8-10-32)47-38(43(50)51)23-29-24-39(52-2)41(54-4)40(25-29)53-3/h6-20,23-27H,5,21-22H2,1-4H3/b38-23+. The average molecular weight is 752 g/mol. The highest BCUT2D eigenvalue weighted by Crippen LogP contribution is 2.39. The number of ether oxygens (including phenoxy) is 4. The van der Waals surface area contributed by atoms with E-state index in [0.717, 1.165) is 29.0 Å². The smallest absolute Gasteiger partial charge is 0.285 e. The summed E-state index contributed by atoms with van der Waals surface area (Å²) in [6.07, 6.45) is 5.23. The summed E-state index contributed by atoms with van der Waals surface area (Å²) in [6, 6.07) is 34.1. The third-order valence-corrected chi connectivity index (χ3v) is 9.26. The minimum Gasteiger partial charge on any atom is -0.493 e. The molecule has 1 amide bonds. The Hall–Kier alpha value is -6.52. The van der Waals surface area contributed by atoms with Gasteiger partial charge in [-0.2, -0.15) is 0 Å². The van der Waals surface area contributed by atoms with Crippen LogP contribution in [0, 0.1) is 0 Å². The summed E-state index contributed by atoms with van der Waals surface area (Å²) in [5, 5.41) is 0.595. The SMILES string of the molecule is CCc1ccc(CCOc2ccc(-c3cc(-c4ccc(Cl)cc4)nc(N4C(=O)/C(=C\c5cc(OC)c(OC)c(OC)c5)N=C4c4ccccc4)n3)cc2)nc1. The van der Waals surface area contributed by atoms with Gasteiger partial charge < -0.3 is 18.9 Å². The third-order valence-electron chi connectivity index (χ3n) is 9.01. The van der Waals surface area contributed by atoms with Crippen LogP contribution in [-0.4, -0.2) is 54.6 Å². The van der Waals surface area contributed by atoms with E-state index in [-0.39, 0.29) is 11.6 Å². The maximum atomic E-state index is 14.5. The zero-order valence-corrected chi connectivity index (χ0v) is 31.6. The van der Waals surface area contributed by atoms with Crippen molar-refractivity contribution in [3.8, 4) is 45.5 Å². The molecule has 3 heterocycles. The molecule has 0 saturated heterocycles. The van der Waals surface area contributed by atoms with Gasteiger partial charge in [-0.05, 0) is 84.3 Å². The average Bonchev–Trinajstić information content (AvgIpc) is 3.56. The summed E-state index contributed by atoms with van der Waals surface area (Å²) in [5.41, 5.74) is 6.50. The molecule has 10 nitrogen and oxygen atoms in total. The second kappa shape index (κ2) is 16.7. The second-order valence-electron chi connectivity index (χ2n) is 12.5. The van der Waals surface area contributed by atoms with Gasteiger partial charge in [0.2, 0.25) is 11.7 Å². The fraction of sp³-hybridized carbons (Fsp3) is 0.159. The number of hydrogen-bond donors (Lipinski definition) is 0. The van der Waals surface area contributed by atoms with Crippen molar-refractivity contribution in [3.63, 3.8) is 0 Å². The first-order chi connectivity index (χ1) is 26.9. The van der Waals surface area contributed by atoms with Crippen LogP contribution >= 0.6 is 11.6 Å². The number of pyridine rings is 1. The molecule has 276 valence electrons. The van der Waals surface area contributed by atoms with Crippen LogP contribution in [0.3, 0.4) is 0 Å². The molecule has 0 aliphatic carbocycles. The molecule has 0 unspecified atom stereocenters. The van der Waals surface area contributed by atoms with E-state index in [1.54, 1.807) is 30.3 Å². The van der Waals surface area contributed by atoms with Crippen LogP contribution in [0.1, 0.15) is 29.3 Å². The molecule has 0 N–H and O–H groups in total. The van der Waals surface area contributed by atoms with Crippen LogP contribution < -0.4 is 23.8 Å². The van der Waals surface area contributed by atoms with Crippen LogP contribution in [0.4, 0.5) is 5.95 Å². The van der Waals surface area contributed by atoms with Gasteiger partial charge in [-0.3, -0.25) is 9.78 Å². The summed E-state index contributed by atoms with van der Waals surface area (Å²) in [5.74, 6) is 2.18. The Balaban J connectivity index is 1.26. The Bertz CT molecular complexity index is 2340. The Kier molecular flexibility index (Phi) is 11.1. The third kappa shape index (κ3) is 8.19. The van der Waals surface area contributed by atoms with Gasteiger partial charge in [0.1, 0.15) is 11.4 Å². The molecule has 0 radical (unpaired) electrons. The largest absolute Gasteiger partial charge is 0.493 e. The number of carbonyl (C=O) groups excluding carboxylic acids is 1. The minimum atomic E-state index is -0.408. The number of methoxy groups -OCH3 is 3. The molecule has 2 aromatic heterocycles. The van der Waals surface area contributed by atoms with E-state index in [1.807, 2.05) is 85.1 Å². The lowest BCUT2D eigenvalue weighted by atomic mass is 10.1. The van der Waals surface area contributed by atoms with Crippen LogP contribution in [0.5, 0.6) is 23.0 Å². The summed E-state index contributed by atoms with van der Waals surface area (Å²) in [4.78, 5) is 35.2. The van der Waals surface area contributed by atoms with E-state index in [2.05, 4.69) is 18.0 Å². The van der Waals surface area contributed by atoms with Gasteiger partial charge >= 0.3 is 0 Å². The molecular formula is C44H38ClN5O5. The van der Waals surface area contributed by atoms with Crippen molar-refractivity contribution in [1.82, 2.24) is 15.0 Å². The van der Waals surface area contributed by atoms with Gasteiger partial charge in [0.15, 0.2) is 17.3 Å². The van der Waals surface area contributed by atoms with Crippen LogP contribution in [0.2, 0.25) is 5.02 Å². The van der Waals surface area contributed by atoms with Gasteiger partial charge in [-0.15, -0.1) is 0 Å². The van der Waals surface area contributed by atoms with Crippen molar-refractivity contribution in [2.45, 2.75) is 19.8 Å². The topological polar surface area (TPSA) is 108 Å². The van der Waals surface area contributed by atoms with Crippen molar-refractivity contribution in [2.24, 2.45) is 4.99 Å². The molecular weight excluding hydrogens is 714 g/mol. The Morgan fingerprint density at radius 2 is 1.40 bits per heavy atom. The molecule has 6 aromatic rings.